The molecule has 0 bridgehead atoms. The van der Waals surface area contributed by atoms with E-state index < -0.39 is 23.3 Å². The molecule has 0 aliphatic carbocycles. The van der Waals surface area contributed by atoms with Gasteiger partial charge in [-0.3, -0.25) is 9.35 Å². The first-order valence-electron chi connectivity index (χ1n) is 13.8. The number of nitrogens with zero attached hydrogens (tertiary/aromatic N) is 4. The minimum Gasteiger partial charge on any atom is -0.488 e. The Bertz CT molecular complexity index is 1590. The molecule has 5 rings (SSSR count). The number of aliphatic carboxylic acids is 1. The van der Waals surface area contributed by atoms with E-state index in [1.165, 1.54) is 10.7 Å². The van der Waals surface area contributed by atoms with Crippen LogP contribution in [0.4, 0.5) is 5.69 Å². The summed E-state index contributed by atoms with van der Waals surface area (Å²) in [6, 6.07) is 23.0. The molecule has 0 saturated carbocycles. The quantitative estimate of drug-likeness (QED) is 0.198. The number of oxazole rings is 1. The normalized spacial score (nSPS) is 15.0. The molecular weight excluding hydrogens is 568 g/mol. The zero-order valence-corrected chi connectivity index (χ0v) is 24.4. The minimum absolute atomic E-state index is 0.220. The summed E-state index contributed by atoms with van der Waals surface area (Å²) >= 11 is -2.30. The molecule has 1 saturated heterocycles. The lowest BCUT2D eigenvalue weighted by atomic mass is 10.1. The Hall–Kier alpha value is -4.47. The number of aromatic nitrogens is 1. The monoisotopic (exact) mass is 600 g/mol. The molecule has 10 nitrogen and oxygen atoms in total. The van der Waals surface area contributed by atoms with Gasteiger partial charge in [-0.15, -0.1) is 4.41 Å². The highest BCUT2D eigenvalue weighted by molar-refractivity contribution is 7.76. The molecule has 0 spiro atoms. The molecule has 2 unspecified atom stereocenters. The van der Waals surface area contributed by atoms with Crippen LogP contribution in [0.25, 0.3) is 11.5 Å². The first-order valence-corrected chi connectivity index (χ1v) is 14.9. The number of piperazine rings is 1. The lowest BCUT2D eigenvalue weighted by molar-refractivity contribution is -0.139. The summed E-state index contributed by atoms with van der Waals surface area (Å²) in [6.45, 7) is 4.28. The van der Waals surface area contributed by atoms with Crippen LogP contribution in [-0.2, 0) is 22.7 Å². The summed E-state index contributed by atoms with van der Waals surface area (Å²) in [4.78, 5) is 17.6. The van der Waals surface area contributed by atoms with Gasteiger partial charge in [-0.25, -0.2) is 14.2 Å². The van der Waals surface area contributed by atoms with Crippen molar-refractivity contribution in [2.75, 3.05) is 31.1 Å². The molecule has 3 aromatic carbocycles. The van der Waals surface area contributed by atoms with Crippen LogP contribution in [0.2, 0.25) is 0 Å². The summed E-state index contributed by atoms with van der Waals surface area (Å²) < 4.78 is 34.6. The fourth-order valence-electron chi connectivity index (χ4n) is 4.90. The predicted molar refractivity (Wildman–Crippen MR) is 163 cm³/mol. The second kappa shape index (κ2) is 14.1. The van der Waals surface area contributed by atoms with E-state index in [0.29, 0.717) is 44.4 Å². The van der Waals surface area contributed by atoms with Crippen LogP contribution in [0.15, 0.2) is 89.7 Å². The van der Waals surface area contributed by atoms with E-state index >= 15 is 0 Å². The summed E-state index contributed by atoms with van der Waals surface area (Å²) in [6.07, 6.45) is 2.91. The molecule has 222 valence electrons. The van der Waals surface area contributed by atoms with Gasteiger partial charge in [0, 0.05) is 49.0 Å². The topological polar surface area (TPSA) is 120 Å². The molecule has 43 heavy (non-hydrogen) atoms. The second-order valence-electron chi connectivity index (χ2n) is 10.0. The summed E-state index contributed by atoms with van der Waals surface area (Å²) in [5.74, 6) is 6.55. The van der Waals surface area contributed by atoms with Crippen LogP contribution in [0.1, 0.15) is 30.0 Å². The Kier molecular flexibility index (Phi) is 9.86. The lowest BCUT2D eigenvalue weighted by Crippen LogP contribution is -2.57. The largest absolute Gasteiger partial charge is 0.488 e. The van der Waals surface area contributed by atoms with E-state index in [4.69, 9.17) is 14.3 Å². The Morgan fingerprint density at radius 2 is 1.74 bits per heavy atom. The van der Waals surface area contributed by atoms with Gasteiger partial charge in [0.05, 0.1) is 18.2 Å². The number of anilines is 1. The molecule has 2 heterocycles. The van der Waals surface area contributed by atoms with Crippen molar-refractivity contribution in [1.29, 1.82) is 0 Å². The smallest absolute Gasteiger partial charge is 0.305 e. The molecule has 11 heteroatoms. The maximum Gasteiger partial charge on any atom is 0.305 e. The average Bonchev–Trinajstić information content (AvgIpc) is 3.55. The van der Waals surface area contributed by atoms with E-state index in [2.05, 4.69) is 21.7 Å². The molecule has 4 aromatic rings. The molecule has 1 aromatic heterocycles. The average molecular weight is 601 g/mol. The van der Waals surface area contributed by atoms with E-state index in [-0.39, 0.29) is 6.42 Å². The Morgan fingerprint density at radius 1 is 1.05 bits per heavy atom. The van der Waals surface area contributed by atoms with Gasteiger partial charge < -0.3 is 19.2 Å². The van der Waals surface area contributed by atoms with Gasteiger partial charge in [0.25, 0.3) is 0 Å². The van der Waals surface area contributed by atoms with Gasteiger partial charge in [0.1, 0.15) is 18.6 Å². The van der Waals surface area contributed by atoms with Crippen LogP contribution < -0.4 is 9.64 Å². The molecule has 0 radical (unpaired) electrons. The van der Waals surface area contributed by atoms with E-state index in [9.17, 15) is 13.6 Å². The summed E-state index contributed by atoms with van der Waals surface area (Å²) in [7, 11) is 0. The number of ether oxygens (including phenoxy) is 1. The van der Waals surface area contributed by atoms with Gasteiger partial charge in [-0.2, -0.15) is 0 Å². The van der Waals surface area contributed by atoms with Crippen molar-refractivity contribution < 1.29 is 27.8 Å². The van der Waals surface area contributed by atoms with Gasteiger partial charge in [-0.05, 0) is 55.0 Å². The van der Waals surface area contributed by atoms with Crippen molar-refractivity contribution in [2.45, 2.75) is 26.0 Å². The second-order valence-corrected chi connectivity index (χ2v) is 10.9. The number of carboxylic acid groups (broad SMARTS) is 1. The molecule has 2 atom stereocenters. The molecule has 2 N–H and O–H groups in total. The highest BCUT2D eigenvalue weighted by Crippen LogP contribution is 2.30. The van der Waals surface area contributed by atoms with Crippen molar-refractivity contribution in [3.05, 3.63) is 102 Å². The minimum atomic E-state index is -2.30. The number of carbonyl (C=O) groups is 1. The van der Waals surface area contributed by atoms with Crippen molar-refractivity contribution in [3.8, 4) is 29.0 Å². The number of hydrogen-bond acceptors (Lipinski definition) is 7. The van der Waals surface area contributed by atoms with E-state index in [1.54, 1.807) is 18.1 Å². The maximum absolute atomic E-state index is 11.9. The molecule has 1 aliphatic heterocycles. The van der Waals surface area contributed by atoms with Crippen LogP contribution >= 0.6 is 0 Å². The third kappa shape index (κ3) is 7.88. The SMILES string of the molecule is CC(CC(=O)O)N(N1CCN(c2ccc(C#Cc3ccc(-c4ncco4)c(OCc4ccccc4)c3)cc2)CC1)S(=O)O. The third-order valence-corrected chi connectivity index (χ3v) is 7.92. The number of hydrogen-bond donors (Lipinski definition) is 2. The first kappa shape index (κ1) is 30.0. The summed E-state index contributed by atoms with van der Waals surface area (Å²) in [5, 5.41) is 10.8. The van der Waals surface area contributed by atoms with Crippen molar-refractivity contribution in [2.24, 2.45) is 0 Å². The predicted octanol–water partition coefficient (Wildman–Crippen LogP) is 4.66. The van der Waals surface area contributed by atoms with Crippen LogP contribution in [0.3, 0.4) is 0 Å². The first-order chi connectivity index (χ1) is 20.9. The number of benzene rings is 3. The Balaban J connectivity index is 1.24. The third-order valence-electron chi connectivity index (χ3n) is 7.01. The van der Waals surface area contributed by atoms with Crippen LogP contribution in [-0.4, -0.2) is 66.5 Å². The van der Waals surface area contributed by atoms with Gasteiger partial charge in [0.15, 0.2) is 0 Å². The molecular formula is C32H32N4O6S. The fourth-order valence-corrected chi connectivity index (χ4v) is 5.64. The highest BCUT2D eigenvalue weighted by atomic mass is 32.2. The van der Waals surface area contributed by atoms with Crippen LogP contribution in [0, 0.1) is 11.8 Å². The number of hydrazine groups is 1. The van der Waals surface area contributed by atoms with Gasteiger partial charge >= 0.3 is 5.97 Å². The number of rotatable bonds is 10. The maximum atomic E-state index is 11.9. The molecule has 0 amide bonds. The summed E-state index contributed by atoms with van der Waals surface area (Å²) in [5.41, 5.74) is 4.47. The van der Waals surface area contributed by atoms with E-state index in [0.717, 1.165) is 27.9 Å². The van der Waals surface area contributed by atoms with Crippen LogP contribution in [0.5, 0.6) is 5.75 Å². The van der Waals surface area contributed by atoms with Gasteiger partial charge in [-0.1, -0.05) is 42.2 Å². The van der Waals surface area contributed by atoms with Crippen molar-refractivity contribution >= 4 is 22.9 Å². The molecule has 1 aliphatic rings. The fraction of sp³-hybridized carbons (Fsp3) is 0.250. The highest BCUT2D eigenvalue weighted by Gasteiger charge is 2.30. The Labute approximate surface area is 252 Å². The zero-order valence-electron chi connectivity index (χ0n) is 23.6. The van der Waals surface area contributed by atoms with Crippen molar-refractivity contribution in [3.63, 3.8) is 0 Å². The zero-order chi connectivity index (χ0) is 30.2. The van der Waals surface area contributed by atoms with E-state index in [1.807, 2.05) is 72.8 Å². The van der Waals surface area contributed by atoms with Crippen molar-refractivity contribution in [1.82, 2.24) is 14.4 Å². The van der Waals surface area contributed by atoms with Gasteiger partial charge in [0.2, 0.25) is 17.2 Å². The lowest BCUT2D eigenvalue weighted by Gasteiger charge is -2.41. The Morgan fingerprint density at radius 3 is 2.40 bits per heavy atom. The standard InChI is InChI=1S/C32H32N4O6S/c1-24(21-31(37)38)36(43(39)40)35-18-16-34(17-19-35)28-12-9-25(10-13-28)7-8-26-11-14-29(32-33-15-20-41-32)30(22-26)42-23-27-5-3-2-4-6-27/h2-6,9-15,20,22,24H,16-19,21,23H2,1H3,(H,37,38)(H,39,40). The number of carboxylic acids is 1. The molecule has 1 fully saturated rings.